The van der Waals surface area contributed by atoms with Crippen LogP contribution in [0.1, 0.15) is 65.7 Å². The fraction of sp³-hybridized carbons (Fsp3) is 0.762. The number of allylic oxidation sites excluding steroid dienone is 1. The van der Waals surface area contributed by atoms with Crippen LogP contribution in [-0.2, 0) is 19.1 Å². The quantitative estimate of drug-likeness (QED) is 0.538. The van der Waals surface area contributed by atoms with Gasteiger partial charge in [0, 0.05) is 37.5 Å². The van der Waals surface area contributed by atoms with Crippen LogP contribution in [0.25, 0.3) is 0 Å². The van der Waals surface area contributed by atoms with Gasteiger partial charge in [0.1, 0.15) is 17.7 Å². The van der Waals surface area contributed by atoms with Crippen LogP contribution in [0.2, 0.25) is 0 Å². The van der Waals surface area contributed by atoms with Crippen LogP contribution in [0.15, 0.2) is 11.6 Å². The SMILES string of the molecule is CC(=O)OC1CCC2(C)C(=CCC3C4CCC(=O)C4(C)CC(=O)C32)C1. The van der Waals surface area contributed by atoms with Crippen molar-refractivity contribution in [1.82, 2.24) is 0 Å². The lowest BCUT2D eigenvalue weighted by Crippen LogP contribution is -2.55. The Hall–Kier alpha value is -1.45. The summed E-state index contributed by atoms with van der Waals surface area (Å²) in [5, 5.41) is 0. The standard InChI is InChI=1S/C21H28O4/c1-12(22)25-14-8-9-20(2)13(10-14)4-5-15-16-6-7-18(24)21(16,3)11-17(23)19(15)20/h4,14-16,19H,5-11H2,1-3H3. The van der Waals surface area contributed by atoms with Crippen molar-refractivity contribution in [2.75, 3.05) is 0 Å². The molecule has 0 aromatic heterocycles. The largest absolute Gasteiger partial charge is 0.462 e. The molecule has 4 aliphatic rings. The molecule has 4 rings (SSSR count). The summed E-state index contributed by atoms with van der Waals surface area (Å²) in [5.41, 5.74) is 0.755. The highest BCUT2D eigenvalue weighted by molar-refractivity contribution is 5.95. The van der Waals surface area contributed by atoms with Crippen LogP contribution in [0.4, 0.5) is 0 Å². The van der Waals surface area contributed by atoms with Crippen LogP contribution >= 0.6 is 0 Å². The van der Waals surface area contributed by atoms with Gasteiger partial charge in [-0.3, -0.25) is 14.4 Å². The maximum Gasteiger partial charge on any atom is 0.302 e. The van der Waals surface area contributed by atoms with Gasteiger partial charge in [-0.05, 0) is 42.9 Å². The van der Waals surface area contributed by atoms with Crippen molar-refractivity contribution in [3.63, 3.8) is 0 Å². The average molecular weight is 344 g/mol. The van der Waals surface area contributed by atoms with Gasteiger partial charge in [0.25, 0.3) is 0 Å². The van der Waals surface area contributed by atoms with Gasteiger partial charge in [-0.2, -0.15) is 0 Å². The highest BCUT2D eigenvalue weighted by Crippen LogP contribution is 2.62. The molecule has 3 saturated carbocycles. The van der Waals surface area contributed by atoms with Crippen LogP contribution in [-0.4, -0.2) is 23.6 Å². The van der Waals surface area contributed by atoms with E-state index in [1.54, 1.807) is 0 Å². The molecule has 0 bridgehead atoms. The van der Waals surface area contributed by atoms with E-state index in [1.165, 1.54) is 12.5 Å². The molecule has 0 spiro atoms. The van der Waals surface area contributed by atoms with Gasteiger partial charge in [-0.1, -0.05) is 25.5 Å². The third-order valence-electron chi connectivity index (χ3n) is 7.79. The molecular weight excluding hydrogens is 316 g/mol. The maximum absolute atomic E-state index is 13.2. The summed E-state index contributed by atoms with van der Waals surface area (Å²) in [6, 6.07) is 0. The Morgan fingerprint density at radius 3 is 2.68 bits per heavy atom. The van der Waals surface area contributed by atoms with E-state index >= 15 is 0 Å². The van der Waals surface area contributed by atoms with E-state index in [0.29, 0.717) is 30.5 Å². The normalized spacial score (nSPS) is 46.0. The number of rotatable bonds is 1. The Kier molecular flexibility index (Phi) is 3.75. The molecule has 0 N–H and O–H groups in total. The Labute approximate surface area is 149 Å². The van der Waals surface area contributed by atoms with Crippen molar-refractivity contribution < 1.29 is 19.1 Å². The van der Waals surface area contributed by atoms with E-state index < -0.39 is 5.41 Å². The lowest BCUT2D eigenvalue weighted by molar-refractivity contribution is -0.153. The van der Waals surface area contributed by atoms with E-state index in [2.05, 4.69) is 13.0 Å². The lowest BCUT2D eigenvalue weighted by Gasteiger charge is -2.55. The van der Waals surface area contributed by atoms with Crippen molar-refractivity contribution in [3.8, 4) is 0 Å². The molecule has 0 heterocycles. The van der Waals surface area contributed by atoms with Crippen molar-refractivity contribution >= 4 is 17.5 Å². The number of esters is 1. The first kappa shape index (κ1) is 17.0. The zero-order valence-corrected chi connectivity index (χ0v) is 15.5. The van der Waals surface area contributed by atoms with Crippen LogP contribution < -0.4 is 0 Å². The van der Waals surface area contributed by atoms with E-state index in [-0.39, 0.29) is 29.2 Å². The Balaban J connectivity index is 1.66. The summed E-state index contributed by atoms with van der Waals surface area (Å²) in [6.45, 7) is 5.72. The highest BCUT2D eigenvalue weighted by Gasteiger charge is 2.61. The number of fused-ring (bicyclic) bond motifs is 5. The molecule has 4 nitrogen and oxygen atoms in total. The fourth-order valence-electron chi connectivity index (χ4n) is 6.57. The molecule has 4 aliphatic carbocycles. The molecule has 25 heavy (non-hydrogen) atoms. The van der Waals surface area contributed by atoms with Crippen molar-refractivity contribution in [1.29, 1.82) is 0 Å². The van der Waals surface area contributed by atoms with Gasteiger partial charge in [-0.25, -0.2) is 0 Å². The molecule has 4 heteroatoms. The zero-order chi connectivity index (χ0) is 18.0. The number of carbonyl (C=O) groups is 3. The van der Waals surface area contributed by atoms with E-state index in [4.69, 9.17) is 4.74 Å². The summed E-state index contributed by atoms with van der Waals surface area (Å²) in [5.74, 6) is 1.05. The first-order chi connectivity index (χ1) is 11.8. The predicted molar refractivity (Wildman–Crippen MR) is 92.7 cm³/mol. The minimum atomic E-state index is -0.422. The lowest BCUT2D eigenvalue weighted by atomic mass is 9.47. The number of Topliss-reactive ketones (excluding diaryl/α,β-unsaturated/α-hetero) is 2. The number of ether oxygens (including phenoxy) is 1. The monoisotopic (exact) mass is 344 g/mol. The summed E-state index contributed by atoms with van der Waals surface area (Å²) in [7, 11) is 0. The highest BCUT2D eigenvalue weighted by atomic mass is 16.5. The molecule has 0 aromatic rings. The summed E-state index contributed by atoms with van der Waals surface area (Å²) in [6.07, 6.45) is 7.62. The number of hydrogen-bond acceptors (Lipinski definition) is 4. The Bertz CT molecular complexity index is 677. The number of carbonyl (C=O) groups excluding carboxylic acids is 3. The van der Waals surface area contributed by atoms with E-state index in [9.17, 15) is 14.4 Å². The molecule has 6 unspecified atom stereocenters. The van der Waals surface area contributed by atoms with Crippen molar-refractivity contribution in [2.24, 2.45) is 28.6 Å². The number of ketones is 2. The van der Waals surface area contributed by atoms with Gasteiger partial charge in [0.15, 0.2) is 0 Å². The van der Waals surface area contributed by atoms with Crippen LogP contribution in [0.5, 0.6) is 0 Å². The van der Waals surface area contributed by atoms with Crippen LogP contribution in [0, 0.1) is 28.6 Å². The molecule has 6 atom stereocenters. The fourth-order valence-corrected chi connectivity index (χ4v) is 6.57. The summed E-state index contributed by atoms with van der Waals surface area (Å²) < 4.78 is 5.44. The maximum atomic E-state index is 13.2. The van der Waals surface area contributed by atoms with Gasteiger partial charge in [-0.15, -0.1) is 0 Å². The second kappa shape index (κ2) is 5.52. The van der Waals surface area contributed by atoms with Crippen molar-refractivity contribution in [2.45, 2.75) is 71.8 Å². The van der Waals surface area contributed by atoms with Gasteiger partial charge < -0.3 is 4.74 Å². The van der Waals surface area contributed by atoms with Gasteiger partial charge >= 0.3 is 5.97 Å². The molecule has 0 saturated heterocycles. The summed E-state index contributed by atoms with van der Waals surface area (Å²) in [4.78, 5) is 36.9. The number of hydrogen-bond donors (Lipinski definition) is 0. The van der Waals surface area contributed by atoms with Crippen LogP contribution in [0.3, 0.4) is 0 Å². The predicted octanol–water partition coefficient (Wildman–Crippen LogP) is 3.63. The first-order valence-electron chi connectivity index (χ1n) is 9.68. The minimum absolute atomic E-state index is 0.0368. The Morgan fingerprint density at radius 1 is 1.20 bits per heavy atom. The van der Waals surface area contributed by atoms with Crippen molar-refractivity contribution in [3.05, 3.63) is 11.6 Å². The second-order valence-corrected chi connectivity index (χ2v) is 9.13. The molecule has 0 radical (unpaired) electrons. The molecule has 3 fully saturated rings. The second-order valence-electron chi connectivity index (χ2n) is 9.13. The Morgan fingerprint density at radius 2 is 1.96 bits per heavy atom. The third-order valence-corrected chi connectivity index (χ3v) is 7.79. The van der Waals surface area contributed by atoms with Gasteiger partial charge in [0.05, 0.1) is 0 Å². The first-order valence-corrected chi connectivity index (χ1v) is 9.68. The summed E-state index contributed by atoms with van der Waals surface area (Å²) >= 11 is 0. The van der Waals surface area contributed by atoms with E-state index in [1.807, 2.05) is 6.92 Å². The zero-order valence-electron chi connectivity index (χ0n) is 15.5. The molecular formula is C21H28O4. The third kappa shape index (κ3) is 2.36. The molecule has 136 valence electrons. The molecule has 0 aliphatic heterocycles. The molecule has 0 amide bonds. The smallest absolute Gasteiger partial charge is 0.302 e. The van der Waals surface area contributed by atoms with Gasteiger partial charge in [0.2, 0.25) is 0 Å². The van der Waals surface area contributed by atoms with E-state index in [0.717, 1.165) is 32.1 Å². The topological polar surface area (TPSA) is 60.4 Å². The minimum Gasteiger partial charge on any atom is -0.462 e. The molecule has 0 aromatic carbocycles. The average Bonchev–Trinajstić information content (AvgIpc) is 2.82.